The minimum absolute atomic E-state index is 0.103. The molecular formula is C16H18BrF2NS. The smallest absolute Gasteiger partial charge is 0.134 e. The maximum absolute atomic E-state index is 14.5. The monoisotopic (exact) mass is 373 g/mol. The molecule has 0 aliphatic heterocycles. The van der Waals surface area contributed by atoms with Crippen LogP contribution < -0.4 is 5.32 Å². The average Bonchev–Trinajstić information content (AvgIpc) is 2.77. The maximum atomic E-state index is 14.5. The molecule has 1 nitrogen and oxygen atoms in total. The Morgan fingerprint density at radius 3 is 2.57 bits per heavy atom. The Morgan fingerprint density at radius 2 is 2.00 bits per heavy atom. The first-order valence-corrected chi connectivity index (χ1v) is 8.50. The largest absolute Gasteiger partial charge is 0.305 e. The maximum Gasteiger partial charge on any atom is 0.134 e. The lowest BCUT2D eigenvalue weighted by molar-refractivity contribution is 0.502. The Labute approximate surface area is 136 Å². The Balaban J connectivity index is 2.56. The van der Waals surface area contributed by atoms with Gasteiger partial charge in [0.05, 0.1) is 6.04 Å². The summed E-state index contributed by atoms with van der Waals surface area (Å²) >= 11 is 5.05. The van der Waals surface area contributed by atoms with Gasteiger partial charge in [0.25, 0.3) is 0 Å². The fraction of sp³-hybridized carbons (Fsp3) is 0.375. The molecule has 0 radical (unpaired) electrons. The van der Waals surface area contributed by atoms with Gasteiger partial charge in [0.1, 0.15) is 11.6 Å². The predicted octanol–water partition coefficient (Wildman–Crippen LogP) is 5.49. The third-order valence-corrected chi connectivity index (χ3v) is 5.34. The molecule has 1 heterocycles. The van der Waals surface area contributed by atoms with Crippen LogP contribution in [0.15, 0.2) is 22.7 Å². The highest BCUT2D eigenvalue weighted by Gasteiger charge is 2.25. The van der Waals surface area contributed by atoms with Crippen molar-refractivity contribution in [2.24, 2.45) is 0 Å². The van der Waals surface area contributed by atoms with E-state index in [1.807, 2.05) is 19.9 Å². The van der Waals surface area contributed by atoms with Crippen molar-refractivity contribution >= 4 is 27.3 Å². The molecule has 1 N–H and O–H groups in total. The third-order valence-electron chi connectivity index (χ3n) is 3.31. The minimum atomic E-state index is -0.510. The third kappa shape index (κ3) is 3.52. The van der Waals surface area contributed by atoms with E-state index in [2.05, 4.69) is 21.2 Å². The number of benzene rings is 1. The van der Waals surface area contributed by atoms with Gasteiger partial charge in [-0.3, -0.25) is 0 Å². The van der Waals surface area contributed by atoms with Gasteiger partial charge in [0, 0.05) is 19.8 Å². The zero-order valence-corrected chi connectivity index (χ0v) is 14.7. The molecule has 0 aliphatic carbocycles. The number of rotatable bonds is 5. The highest BCUT2D eigenvalue weighted by atomic mass is 79.9. The lowest BCUT2D eigenvalue weighted by Crippen LogP contribution is -2.25. The van der Waals surface area contributed by atoms with Crippen molar-refractivity contribution in [2.75, 3.05) is 6.54 Å². The number of halogens is 3. The van der Waals surface area contributed by atoms with E-state index in [1.54, 1.807) is 18.3 Å². The first-order valence-electron chi connectivity index (χ1n) is 6.89. The number of hydrogen-bond donors (Lipinski definition) is 1. The standard InChI is InChI=1S/C16H18BrF2NS/c1-4-7-20-15(16-11(17)8-10(3)21-16)13-12(18)6-5-9(2)14(13)19/h5-6,8,15,20H,4,7H2,1-3H3. The Kier molecular flexibility index (Phi) is 5.52. The van der Waals surface area contributed by atoms with Crippen molar-refractivity contribution in [1.82, 2.24) is 5.32 Å². The molecule has 114 valence electrons. The first kappa shape index (κ1) is 16.6. The van der Waals surface area contributed by atoms with Crippen LogP contribution in [-0.2, 0) is 0 Å². The lowest BCUT2D eigenvalue weighted by atomic mass is 10.0. The summed E-state index contributed by atoms with van der Waals surface area (Å²) in [5.74, 6) is -0.980. The fourth-order valence-corrected chi connectivity index (χ4v) is 4.22. The van der Waals surface area contributed by atoms with Crippen LogP contribution in [0.3, 0.4) is 0 Å². The molecule has 1 atom stereocenters. The number of nitrogens with one attached hydrogen (secondary N) is 1. The quantitative estimate of drug-likeness (QED) is 0.729. The summed E-state index contributed by atoms with van der Waals surface area (Å²) in [6, 6.07) is 4.31. The van der Waals surface area contributed by atoms with Crippen molar-refractivity contribution in [2.45, 2.75) is 33.2 Å². The van der Waals surface area contributed by atoms with Crippen LogP contribution in [0.25, 0.3) is 0 Å². The summed E-state index contributed by atoms with van der Waals surface area (Å²) < 4.78 is 29.6. The highest BCUT2D eigenvalue weighted by molar-refractivity contribution is 9.10. The van der Waals surface area contributed by atoms with E-state index in [9.17, 15) is 8.78 Å². The molecule has 1 aromatic heterocycles. The second-order valence-electron chi connectivity index (χ2n) is 5.05. The fourth-order valence-electron chi connectivity index (χ4n) is 2.26. The van der Waals surface area contributed by atoms with E-state index in [0.29, 0.717) is 12.1 Å². The Morgan fingerprint density at radius 1 is 1.29 bits per heavy atom. The van der Waals surface area contributed by atoms with E-state index in [-0.39, 0.29) is 5.56 Å². The normalized spacial score (nSPS) is 12.7. The SMILES string of the molecule is CCCNC(c1sc(C)cc1Br)c1c(F)ccc(C)c1F. The summed E-state index contributed by atoms with van der Waals surface area (Å²) in [5, 5.41) is 3.27. The minimum Gasteiger partial charge on any atom is -0.305 e. The summed E-state index contributed by atoms with van der Waals surface area (Å²) in [7, 11) is 0. The Bertz CT molecular complexity index is 639. The van der Waals surface area contributed by atoms with E-state index in [4.69, 9.17) is 0 Å². The van der Waals surface area contributed by atoms with Crippen LogP contribution in [0.4, 0.5) is 8.78 Å². The van der Waals surface area contributed by atoms with Crippen LogP contribution in [0.2, 0.25) is 0 Å². The molecule has 0 bridgehead atoms. The average molecular weight is 374 g/mol. The summed E-state index contributed by atoms with van der Waals surface area (Å²) in [5.41, 5.74) is 0.560. The van der Waals surface area contributed by atoms with Crippen molar-refractivity contribution in [3.05, 3.63) is 55.2 Å². The van der Waals surface area contributed by atoms with Crippen molar-refractivity contribution < 1.29 is 8.78 Å². The second-order valence-corrected chi connectivity index (χ2v) is 7.19. The zero-order valence-electron chi connectivity index (χ0n) is 12.3. The Hall–Kier alpha value is -0.780. The van der Waals surface area contributed by atoms with Gasteiger partial charge in [-0.1, -0.05) is 13.0 Å². The van der Waals surface area contributed by atoms with Crippen molar-refractivity contribution in [3.63, 3.8) is 0 Å². The van der Waals surface area contributed by atoms with Gasteiger partial charge in [0.15, 0.2) is 0 Å². The van der Waals surface area contributed by atoms with Crippen molar-refractivity contribution in [3.8, 4) is 0 Å². The van der Waals surface area contributed by atoms with E-state index >= 15 is 0 Å². The van der Waals surface area contributed by atoms with Gasteiger partial charge in [-0.05, 0) is 60.4 Å². The molecule has 0 amide bonds. The molecular weight excluding hydrogens is 356 g/mol. The summed E-state index contributed by atoms with van der Waals surface area (Å²) in [6.07, 6.45) is 0.896. The molecule has 2 rings (SSSR count). The van der Waals surface area contributed by atoms with Gasteiger partial charge >= 0.3 is 0 Å². The van der Waals surface area contributed by atoms with Crippen LogP contribution in [0.5, 0.6) is 0 Å². The number of thiophene rings is 1. The molecule has 0 fully saturated rings. The van der Waals surface area contributed by atoms with Crippen LogP contribution >= 0.6 is 27.3 Å². The molecule has 1 unspecified atom stereocenters. The zero-order chi connectivity index (χ0) is 15.6. The van der Waals surface area contributed by atoms with Crippen LogP contribution in [0, 0.1) is 25.5 Å². The van der Waals surface area contributed by atoms with Crippen molar-refractivity contribution in [1.29, 1.82) is 0 Å². The summed E-state index contributed by atoms with van der Waals surface area (Å²) in [6.45, 7) is 6.37. The molecule has 21 heavy (non-hydrogen) atoms. The van der Waals surface area contributed by atoms with Gasteiger partial charge in [-0.15, -0.1) is 11.3 Å². The molecule has 5 heteroatoms. The van der Waals surface area contributed by atoms with E-state index in [1.165, 1.54) is 12.1 Å². The molecule has 0 saturated heterocycles. The topological polar surface area (TPSA) is 12.0 Å². The van der Waals surface area contributed by atoms with Gasteiger partial charge in [-0.25, -0.2) is 8.78 Å². The van der Waals surface area contributed by atoms with E-state index < -0.39 is 17.7 Å². The lowest BCUT2D eigenvalue weighted by Gasteiger charge is -2.20. The summed E-state index contributed by atoms with van der Waals surface area (Å²) in [4.78, 5) is 2.01. The van der Waals surface area contributed by atoms with Crippen LogP contribution in [-0.4, -0.2) is 6.54 Å². The van der Waals surface area contributed by atoms with Gasteiger partial charge in [-0.2, -0.15) is 0 Å². The highest BCUT2D eigenvalue weighted by Crippen LogP contribution is 2.37. The molecule has 0 aliphatic rings. The molecule has 0 saturated carbocycles. The predicted molar refractivity (Wildman–Crippen MR) is 88.0 cm³/mol. The molecule has 0 spiro atoms. The second kappa shape index (κ2) is 6.99. The molecule has 2 aromatic rings. The number of aryl methyl sites for hydroxylation is 2. The first-order chi connectivity index (χ1) is 9.95. The van der Waals surface area contributed by atoms with E-state index in [0.717, 1.165) is 20.6 Å². The van der Waals surface area contributed by atoms with Gasteiger partial charge in [0.2, 0.25) is 0 Å². The molecule has 1 aromatic carbocycles. The number of hydrogen-bond acceptors (Lipinski definition) is 2. The van der Waals surface area contributed by atoms with Gasteiger partial charge < -0.3 is 5.32 Å². The van der Waals surface area contributed by atoms with Crippen LogP contribution in [0.1, 0.15) is 40.3 Å².